The third-order valence-electron chi connectivity index (χ3n) is 5.56. The molecular weight excluding hydrogens is 411 g/mol. The Labute approximate surface area is 189 Å². The van der Waals surface area contributed by atoms with Gasteiger partial charge in [0, 0.05) is 24.8 Å². The van der Waals surface area contributed by atoms with Crippen molar-refractivity contribution >= 4 is 23.8 Å². The highest BCUT2D eigenvalue weighted by Gasteiger charge is 2.21. The maximum absolute atomic E-state index is 4.52. The summed E-state index contributed by atoms with van der Waals surface area (Å²) >= 11 is 0. The smallest absolute Gasteiger partial charge is 0.168 e. The van der Waals surface area contributed by atoms with Crippen molar-refractivity contribution < 1.29 is 0 Å². The van der Waals surface area contributed by atoms with Crippen LogP contribution in [0, 0.1) is 13.8 Å². The van der Waals surface area contributed by atoms with Crippen LogP contribution in [0.3, 0.4) is 0 Å². The lowest BCUT2D eigenvalue weighted by atomic mass is 10.2. The molecule has 0 saturated heterocycles. The second kappa shape index (κ2) is 8.94. The van der Waals surface area contributed by atoms with E-state index in [0.29, 0.717) is 0 Å². The zero-order valence-corrected chi connectivity index (χ0v) is 19.1. The van der Waals surface area contributed by atoms with Crippen LogP contribution in [0.15, 0.2) is 110 Å². The van der Waals surface area contributed by atoms with Gasteiger partial charge in [-0.3, -0.25) is 0 Å². The van der Waals surface area contributed by atoms with E-state index in [-0.39, 0.29) is 6.17 Å². The van der Waals surface area contributed by atoms with E-state index < -0.39 is 7.92 Å². The molecule has 0 aliphatic heterocycles. The van der Waals surface area contributed by atoms with Gasteiger partial charge in [0.15, 0.2) is 6.17 Å². The molecule has 0 bridgehead atoms. The number of nitrogens with zero attached hydrogens (tertiary/aromatic N) is 4. The highest BCUT2D eigenvalue weighted by Crippen LogP contribution is 2.34. The molecule has 0 atom stereocenters. The van der Waals surface area contributed by atoms with Crippen LogP contribution in [-0.2, 0) is 0 Å². The number of benzene rings is 3. The van der Waals surface area contributed by atoms with E-state index in [1.165, 1.54) is 27.0 Å². The van der Waals surface area contributed by atoms with Crippen molar-refractivity contribution in [2.75, 3.05) is 0 Å². The van der Waals surface area contributed by atoms with Crippen LogP contribution in [0.5, 0.6) is 0 Å². The number of aryl methyl sites for hydroxylation is 2. The van der Waals surface area contributed by atoms with E-state index in [2.05, 4.69) is 96.8 Å². The maximum atomic E-state index is 4.52. The Morgan fingerprint density at radius 3 is 1.62 bits per heavy atom. The first kappa shape index (κ1) is 20.4. The van der Waals surface area contributed by atoms with Crippen molar-refractivity contribution in [3.63, 3.8) is 0 Å². The predicted octanol–water partition coefficient (Wildman–Crippen LogP) is 4.55. The summed E-state index contributed by atoms with van der Waals surface area (Å²) in [5, 5.41) is 13.1. The molecule has 0 unspecified atom stereocenters. The van der Waals surface area contributed by atoms with E-state index in [1.807, 2.05) is 46.3 Å². The Morgan fingerprint density at radius 1 is 0.625 bits per heavy atom. The van der Waals surface area contributed by atoms with Crippen LogP contribution < -0.4 is 15.9 Å². The van der Waals surface area contributed by atoms with Gasteiger partial charge in [0.25, 0.3) is 0 Å². The number of hydrogen-bond acceptors (Lipinski definition) is 2. The van der Waals surface area contributed by atoms with Gasteiger partial charge in [-0.05, 0) is 61.4 Å². The number of aromatic nitrogens is 4. The standard InChI is InChI=1S/C27H25N4P/c1-21-8-12-24(13-9-21)32(25-14-10-22(2)11-15-25)26-7-3-6-23(20-26)27(30-18-4-16-28-30)31-19-5-17-29-31/h3-20,27H,1-2H3. The Kier molecular flexibility index (Phi) is 5.70. The van der Waals surface area contributed by atoms with Gasteiger partial charge >= 0.3 is 0 Å². The van der Waals surface area contributed by atoms with E-state index in [1.54, 1.807) is 0 Å². The minimum Gasteiger partial charge on any atom is -0.244 e. The van der Waals surface area contributed by atoms with Gasteiger partial charge in [-0.2, -0.15) is 10.2 Å². The van der Waals surface area contributed by atoms with Gasteiger partial charge in [-0.1, -0.05) is 77.9 Å². The summed E-state index contributed by atoms with van der Waals surface area (Å²) in [6.07, 6.45) is 7.47. The predicted molar refractivity (Wildman–Crippen MR) is 133 cm³/mol. The molecule has 0 N–H and O–H groups in total. The van der Waals surface area contributed by atoms with Crippen LogP contribution >= 0.6 is 7.92 Å². The van der Waals surface area contributed by atoms with E-state index in [9.17, 15) is 0 Å². The van der Waals surface area contributed by atoms with Crippen LogP contribution in [-0.4, -0.2) is 19.6 Å². The summed E-state index contributed by atoms with van der Waals surface area (Å²) in [5.74, 6) is 0. The first-order chi connectivity index (χ1) is 15.7. The lowest BCUT2D eigenvalue weighted by molar-refractivity contribution is 0.419. The van der Waals surface area contributed by atoms with Crippen molar-refractivity contribution in [1.29, 1.82) is 0 Å². The molecule has 2 aromatic heterocycles. The Morgan fingerprint density at radius 2 is 1.16 bits per heavy atom. The molecule has 0 aliphatic carbocycles. The van der Waals surface area contributed by atoms with Gasteiger partial charge in [0.2, 0.25) is 0 Å². The van der Waals surface area contributed by atoms with E-state index >= 15 is 0 Å². The average Bonchev–Trinajstić information content (AvgIpc) is 3.53. The molecule has 0 radical (unpaired) electrons. The van der Waals surface area contributed by atoms with Crippen molar-refractivity contribution in [1.82, 2.24) is 19.6 Å². The van der Waals surface area contributed by atoms with Crippen LogP contribution in [0.4, 0.5) is 0 Å². The Bertz CT molecular complexity index is 1200. The number of hydrogen-bond donors (Lipinski definition) is 0. The average molecular weight is 436 g/mol. The molecule has 5 heteroatoms. The Balaban J connectivity index is 1.63. The van der Waals surface area contributed by atoms with Crippen molar-refractivity contribution in [3.8, 4) is 0 Å². The maximum Gasteiger partial charge on any atom is 0.168 e. The lowest BCUT2D eigenvalue weighted by Crippen LogP contribution is -2.24. The fraction of sp³-hybridized carbons (Fsp3) is 0.111. The molecular formula is C27H25N4P. The minimum absolute atomic E-state index is 0.132. The molecule has 158 valence electrons. The molecule has 0 aliphatic rings. The van der Waals surface area contributed by atoms with Gasteiger partial charge in [0.05, 0.1) is 0 Å². The summed E-state index contributed by atoms with van der Waals surface area (Å²) in [4.78, 5) is 0. The third-order valence-corrected chi connectivity index (χ3v) is 7.99. The molecule has 0 fully saturated rings. The molecule has 2 heterocycles. The first-order valence-electron chi connectivity index (χ1n) is 10.7. The topological polar surface area (TPSA) is 35.6 Å². The van der Waals surface area contributed by atoms with Crippen molar-refractivity contribution in [2.45, 2.75) is 20.0 Å². The summed E-state index contributed by atoms with van der Waals surface area (Å²) < 4.78 is 3.90. The van der Waals surface area contributed by atoms with E-state index in [4.69, 9.17) is 0 Å². The molecule has 4 nitrogen and oxygen atoms in total. The Hall–Kier alpha value is -3.49. The highest BCUT2D eigenvalue weighted by molar-refractivity contribution is 7.79. The summed E-state index contributed by atoms with van der Waals surface area (Å²) in [6, 6.07) is 30.7. The molecule has 32 heavy (non-hydrogen) atoms. The van der Waals surface area contributed by atoms with Gasteiger partial charge in [-0.25, -0.2) is 9.36 Å². The fourth-order valence-electron chi connectivity index (χ4n) is 3.94. The van der Waals surface area contributed by atoms with Crippen LogP contribution in [0.25, 0.3) is 0 Å². The molecule has 3 aromatic carbocycles. The second-order valence-electron chi connectivity index (χ2n) is 7.95. The number of rotatable bonds is 6. The monoisotopic (exact) mass is 436 g/mol. The molecule has 0 amide bonds. The fourth-order valence-corrected chi connectivity index (χ4v) is 6.24. The largest absolute Gasteiger partial charge is 0.244 e. The SMILES string of the molecule is Cc1ccc(P(c2ccc(C)cc2)c2cccc(C(n3cccn3)n3cccn3)c2)cc1. The van der Waals surface area contributed by atoms with Crippen molar-refractivity contribution in [2.24, 2.45) is 0 Å². The summed E-state index contributed by atoms with van der Waals surface area (Å²) in [5.41, 5.74) is 3.71. The van der Waals surface area contributed by atoms with Gasteiger partial charge < -0.3 is 0 Å². The normalized spacial score (nSPS) is 11.4. The molecule has 0 spiro atoms. The zero-order chi connectivity index (χ0) is 21.9. The van der Waals surface area contributed by atoms with E-state index in [0.717, 1.165) is 5.56 Å². The first-order valence-corrected chi connectivity index (χ1v) is 12.0. The van der Waals surface area contributed by atoms with Crippen LogP contribution in [0.2, 0.25) is 0 Å². The zero-order valence-electron chi connectivity index (χ0n) is 18.2. The van der Waals surface area contributed by atoms with Crippen molar-refractivity contribution in [3.05, 3.63) is 126 Å². The highest BCUT2D eigenvalue weighted by atomic mass is 31.1. The molecule has 5 rings (SSSR count). The second-order valence-corrected chi connectivity index (χ2v) is 10.2. The van der Waals surface area contributed by atoms with Gasteiger partial charge in [-0.15, -0.1) is 0 Å². The summed E-state index contributed by atoms with van der Waals surface area (Å²) in [7, 11) is -0.686. The van der Waals surface area contributed by atoms with Gasteiger partial charge in [0.1, 0.15) is 0 Å². The lowest BCUT2D eigenvalue weighted by Gasteiger charge is -2.23. The quantitative estimate of drug-likeness (QED) is 0.366. The molecule has 5 aromatic rings. The minimum atomic E-state index is -0.686. The van der Waals surface area contributed by atoms with Crippen LogP contribution in [0.1, 0.15) is 22.9 Å². The molecule has 0 saturated carbocycles. The summed E-state index contributed by atoms with van der Waals surface area (Å²) in [6.45, 7) is 4.27. The third kappa shape index (κ3) is 4.15.